The lowest BCUT2D eigenvalue weighted by atomic mass is 9.87. The lowest BCUT2D eigenvalue weighted by Crippen LogP contribution is -2.40. The summed E-state index contributed by atoms with van der Waals surface area (Å²) in [6.45, 7) is 5.93. The first-order valence-corrected chi connectivity index (χ1v) is 8.70. The van der Waals surface area contributed by atoms with Crippen LogP contribution in [0.1, 0.15) is 63.9 Å². The highest BCUT2D eigenvalue weighted by Gasteiger charge is 2.31. The zero-order chi connectivity index (χ0) is 16.3. The van der Waals surface area contributed by atoms with E-state index in [1.165, 1.54) is 37.3 Å². The summed E-state index contributed by atoms with van der Waals surface area (Å²) in [6, 6.07) is 10.1. The number of unbranched alkanes of at least 4 members (excludes halogenated alkanes) is 5. The monoisotopic (exact) mass is 304 g/mol. The minimum Gasteiger partial charge on any atom is -0.390 e. The molecule has 0 amide bonds. The second kappa shape index (κ2) is 10.6. The van der Waals surface area contributed by atoms with E-state index in [1.54, 1.807) is 0 Å². The van der Waals surface area contributed by atoms with Crippen molar-refractivity contribution in [3.8, 4) is 0 Å². The maximum absolute atomic E-state index is 10.6. The Kier molecular flexibility index (Phi) is 9.10. The van der Waals surface area contributed by atoms with Crippen molar-refractivity contribution in [3.05, 3.63) is 48.6 Å². The highest BCUT2D eigenvalue weighted by Crippen LogP contribution is 2.24. The highest BCUT2D eigenvalue weighted by molar-refractivity contribution is 5.16. The third-order valence-corrected chi connectivity index (χ3v) is 4.42. The van der Waals surface area contributed by atoms with Crippen LogP contribution in [-0.4, -0.2) is 21.9 Å². The zero-order valence-electron chi connectivity index (χ0n) is 14.0. The molecule has 0 unspecified atom stereocenters. The van der Waals surface area contributed by atoms with Crippen molar-refractivity contribution in [2.45, 2.75) is 76.4 Å². The molecule has 2 atom stereocenters. The lowest BCUT2D eigenvalue weighted by Gasteiger charge is -2.30. The van der Waals surface area contributed by atoms with Gasteiger partial charge in [0.2, 0.25) is 0 Å². The molecule has 1 aromatic rings. The Bertz CT molecular complexity index is 401. The molecule has 0 radical (unpaired) electrons. The van der Waals surface area contributed by atoms with Gasteiger partial charge in [0, 0.05) is 0 Å². The number of aliphatic hydroxyl groups is 2. The first-order chi connectivity index (χ1) is 10.6. The average molecular weight is 304 g/mol. The van der Waals surface area contributed by atoms with Gasteiger partial charge in [-0.1, -0.05) is 81.9 Å². The molecule has 0 spiro atoms. The lowest BCUT2D eigenvalue weighted by molar-refractivity contribution is -0.0488. The van der Waals surface area contributed by atoms with E-state index >= 15 is 0 Å². The molecule has 0 aliphatic heterocycles. The number of rotatable bonds is 12. The molecule has 1 aromatic carbocycles. The second-order valence-corrected chi connectivity index (χ2v) is 6.25. The Hall–Kier alpha value is -1.12. The second-order valence-electron chi connectivity index (χ2n) is 6.25. The molecule has 0 aromatic heterocycles. The summed E-state index contributed by atoms with van der Waals surface area (Å²) in [4.78, 5) is 0. The molecule has 1 rings (SSSR count). The van der Waals surface area contributed by atoms with E-state index in [0.29, 0.717) is 12.8 Å². The van der Waals surface area contributed by atoms with Gasteiger partial charge < -0.3 is 10.2 Å². The van der Waals surface area contributed by atoms with Gasteiger partial charge in [-0.2, -0.15) is 0 Å². The Morgan fingerprint density at radius 1 is 1.09 bits per heavy atom. The van der Waals surface area contributed by atoms with Crippen LogP contribution in [0.3, 0.4) is 0 Å². The van der Waals surface area contributed by atoms with Gasteiger partial charge >= 0.3 is 0 Å². The molecule has 0 heterocycles. The van der Waals surface area contributed by atoms with E-state index in [1.807, 2.05) is 30.3 Å². The van der Waals surface area contributed by atoms with Gasteiger partial charge in [0.1, 0.15) is 5.60 Å². The standard InChI is InChI=1S/C20H32O2/c1-3-5-6-7-8-12-15-19(21)20(22,4-2)17-16-18-13-10-9-11-14-18/h4,9-11,13-14,19,21-22H,2-3,5-8,12,15-17H2,1H3/t19-,20+/m1/s1. The number of hydrogen-bond acceptors (Lipinski definition) is 2. The van der Waals surface area contributed by atoms with Gasteiger partial charge in [-0.3, -0.25) is 0 Å². The van der Waals surface area contributed by atoms with Crippen molar-refractivity contribution in [2.24, 2.45) is 0 Å². The van der Waals surface area contributed by atoms with E-state index < -0.39 is 11.7 Å². The molecule has 2 nitrogen and oxygen atoms in total. The Labute approximate surface area is 135 Å². The van der Waals surface area contributed by atoms with E-state index in [4.69, 9.17) is 0 Å². The number of benzene rings is 1. The van der Waals surface area contributed by atoms with Gasteiger partial charge in [0.15, 0.2) is 0 Å². The SMILES string of the molecule is C=C[C@](O)(CCc1ccccc1)[C@H](O)CCCCCCCC. The van der Waals surface area contributed by atoms with Gasteiger partial charge in [0.05, 0.1) is 6.10 Å². The van der Waals surface area contributed by atoms with E-state index in [-0.39, 0.29) is 0 Å². The van der Waals surface area contributed by atoms with Crippen molar-refractivity contribution in [1.82, 2.24) is 0 Å². The molecular formula is C20H32O2. The predicted octanol–water partition coefficient (Wildman–Crippen LogP) is 4.65. The van der Waals surface area contributed by atoms with Crippen LogP contribution in [0.15, 0.2) is 43.0 Å². The van der Waals surface area contributed by atoms with E-state index in [0.717, 1.165) is 19.3 Å². The summed E-state index contributed by atoms with van der Waals surface area (Å²) >= 11 is 0. The smallest absolute Gasteiger partial charge is 0.109 e. The molecule has 0 aliphatic carbocycles. The van der Waals surface area contributed by atoms with Gasteiger partial charge in [-0.05, 0) is 24.8 Å². The van der Waals surface area contributed by atoms with Gasteiger partial charge in [0.25, 0.3) is 0 Å². The fraction of sp³-hybridized carbons (Fsp3) is 0.600. The molecule has 2 heteroatoms. The largest absolute Gasteiger partial charge is 0.390 e. The molecule has 0 saturated heterocycles. The molecule has 0 aliphatic rings. The highest BCUT2D eigenvalue weighted by atomic mass is 16.3. The first-order valence-electron chi connectivity index (χ1n) is 8.70. The van der Waals surface area contributed by atoms with Gasteiger partial charge in [-0.15, -0.1) is 6.58 Å². The molecule has 0 saturated carbocycles. The minimum absolute atomic E-state index is 0.511. The third-order valence-electron chi connectivity index (χ3n) is 4.42. The summed E-state index contributed by atoms with van der Waals surface area (Å²) in [7, 11) is 0. The van der Waals surface area contributed by atoms with Crippen molar-refractivity contribution in [2.75, 3.05) is 0 Å². The van der Waals surface area contributed by atoms with Crippen molar-refractivity contribution >= 4 is 0 Å². The topological polar surface area (TPSA) is 40.5 Å². The molecule has 2 N–H and O–H groups in total. The predicted molar refractivity (Wildman–Crippen MR) is 93.9 cm³/mol. The number of aryl methyl sites for hydroxylation is 1. The maximum Gasteiger partial charge on any atom is 0.109 e. The average Bonchev–Trinajstić information content (AvgIpc) is 2.56. The van der Waals surface area contributed by atoms with Crippen molar-refractivity contribution < 1.29 is 10.2 Å². The maximum atomic E-state index is 10.6. The fourth-order valence-electron chi connectivity index (χ4n) is 2.76. The van der Waals surface area contributed by atoms with E-state index in [9.17, 15) is 10.2 Å². The fourth-order valence-corrected chi connectivity index (χ4v) is 2.76. The van der Waals surface area contributed by atoms with Crippen LogP contribution in [0, 0.1) is 0 Å². The molecule has 124 valence electrons. The quantitative estimate of drug-likeness (QED) is 0.436. The zero-order valence-corrected chi connectivity index (χ0v) is 14.0. The Balaban J connectivity index is 2.34. The van der Waals surface area contributed by atoms with Crippen LogP contribution in [0.25, 0.3) is 0 Å². The van der Waals surface area contributed by atoms with Crippen LogP contribution in [0.2, 0.25) is 0 Å². The first kappa shape index (κ1) is 18.9. The molecular weight excluding hydrogens is 272 g/mol. The van der Waals surface area contributed by atoms with Crippen molar-refractivity contribution in [3.63, 3.8) is 0 Å². The molecule has 0 bridgehead atoms. The van der Waals surface area contributed by atoms with Crippen molar-refractivity contribution in [1.29, 1.82) is 0 Å². The summed E-state index contributed by atoms with van der Waals surface area (Å²) in [5, 5.41) is 21.0. The molecule has 22 heavy (non-hydrogen) atoms. The van der Waals surface area contributed by atoms with Crippen LogP contribution in [0.4, 0.5) is 0 Å². The third kappa shape index (κ3) is 6.76. The summed E-state index contributed by atoms with van der Waals surface area (Å²) in [6.07, 6.45) is 9.81. The normalized spacial score (nSPS) is 15.2. The number of aliphatic hydroxyl groups excluding tert-OH is 1. The van der Waals surface area contributed by atoms with Crippen LogP contribution in [0.5, 0.6) is 0 Å². The summed E-state index contributed by atoms with van der Waals surface area (Å²) in [5.41, 5.74) is -0.00579. The molecule has 0 fully saturated rings. The van der Waals surface area contributed by atoms with Crippen LogP contribution in [-0.2, 0) is 6.42 Å². The summed E-state index contributed by atoms with van der Waals surface area (Å²) < 4.78 is 0. The minimum atomic E-state index is -1.18. The Morgan fingerprint density at radius 2 is 1.73 bits per heavy atom. The Morgan fingerprint density at radius 3 is 2.36 bits per heavy atom. The van der Waals surface area contributed by atoms with Crippen LogP contribution >= 0.6 is 0 Å². The van der Waals surface area contributed by atoms with E-state index in [2.05, 4.69) is 13.5 Å². The summed E-state index contributed by atoms with van der Waals surface area (Å²) in [5.74, 6) is 0. The van der Waals surface area contributed by atoms with Crippen LogP contribution < -0.4 is 0 Å². The van der Waals surface area contributed by atoms with Gasteiger partial charge in [-0.25, -0.2) is 0 Å². The number of hydrogen-bond donors (Lipinski definition) is 2.